The number of amides is 1. The molecule has 3 aromatic rings. The van der Waals surface area contributed by atoms with E-state index in [1.54, 1.807) is 6.92 Å². The second-order valence-corrected chi connectivity index (χ2v) is 5.59. The first-order valence-corrected chi connectivity index (χ1v) is 7.31. The Hall–Kier alpha value is -2.14. The summed E-state index contributed by atoms with van der Waals surface area (Å²) in [5.41, 5.74) is 3.18. The van der Waals surface area contributed by atoms with Crippen molar-refractivity contribution in [1.29, 1.82) is 0 Å². The standard InChI is InChI=1S/C16H13BrN2O2/c1-10-18-14-8-11(6-7-15(14)21-10)9-16(20)19-13-5-3-2-4-12(13)17/h2-8H,9H2,1H3,(H,19,20). The average Bonchev–Trinajstić information content (AvgIpc) is 2.80. The number of carbonyl (C=O) groups is 1. The van der Waals surface area contributed by atoms with Crippen molar-refractivity contribution in [2.24, 2.45) is 0 Å². The van der Waals surface area contributed by atoms with E-state index in [1.807, 2.05) is 42.5 Å². The van der Waals surface area contributed by atoms with Gasteiger partial charge in [-0.1, -0.05) is 18.2 Å². The zero-order valence-electron chi connectivity index (χ0n) is 11.4. The number of halogens is 1. The quantitative estimate of drug-likeness (QED) is 0.778. The van der Waals surface area contributed by atoms with Crippen molar-refractivity contribution in [1.82, 2.24) is 4.98 Å². The lowest BCUT2D eigenvalue weighted by Crippen LogP contribution is -2.14. The lowest BCUT2D eigenvalue weighted by molar-refractivity contribution is -0.115. The lowest BCUT2D eigenvalue weighted by atomic mass is 10.1. The predicted octanol–water partition coefficient (Wildman–Crippen LogP) is 4.08. The number of benzene rings is 2. The molecule has 0 saturated heterocycles. The van der Waals surface area contributed by atoms with Gasteiger partial charge in [-0.05, 0) is 45.8 Å². The number of nitrogens with one attached hydrogen (secondary N) is 1. The molecule has 0 fully saturated rings. The largest absolute Gasteiger partial charge is 0.441 e. The molecular weight excluding hydrogens is 332 g/mol. The summed E-state index contributed by atoms with van der Waals surface area (Å²) in [5, 5.41) is 2.88. The molecule has 0 aliphatic heterocycles. The van der Waals surface area contributed by atoms with E-state index in [-0.39, 0.29) is 5.91 Å². The van der Waals surface area contributed by atoms with E-state index in [0.717, 1.165) is 26.8 Å². The molecule has 0 unspecified atom stereocenters. The highest BCUT2D eigenvalue weighted by atomic mass is 79.9. The van der Waals surface area contributed by atoms with E-state index in [0.29, 0.717) is 12.3 Å². The molecule has 1 amide bonds. The van der Waals surface area contributed by atoms with Crippen molar-refractivity contribution in [3.8, 4) is 0 Å². The number of aryl methyl sites for hydroxylation is 1. The third-order valence-electron chi connectivity index (χ3n) is 3.07. The molecule has 5 heteroatoms. The van der Waals surface area contributed by atoms with E-state index in [1.165, 1.54) is 0 Å². The van der Waals surface area contributed by atoms with Crippen LogP contribution in [0.4, 0.5) is 5.69 Å². The highest BCUT2D eigenvalue weighted by Crippen LogP contribution is 2.22. The Morgan fingerprint density at radius 3 is 2.90 bits per heavy atom. The maximum absolute atomic E-state index is 12.1. The molecule has 0 aliphatic carbocycles. The second kappa shape index (κ2) is 5.69. The minimum atomic E-state index is -0.0681. The molecule has 1 heterocycles. The molecular formula is C16H13BrN2O2. The summed E-state index contributed by atoms with van der Waals surface area (Å²) in [6.45, 7) is 1.80. The molecule has 0 radical (unpaired) electrons. The van der Waals surface area contributed by atoms with Crippen LogP contribution in [0.1, 0.15) is 11.5 Å². The summed E-state index contributed by atoms with van der Waals surface area (Å²) in [7, 11) is 0. The number of hydrogen-bond acceptors (Lipinski definition) is 3. The summed E-state index contributed by atoms with van der Waals surface area (Å²) < 4.78 is 6.28. The summed E-state index contributed by atoms with van der Waals surface area (Å²) in [4.78, 5) is 16.4. The van der Waals surface area contributed by atoms with Gasteiger partial charge in [-0.2, -0.15) is 0 Å². The summed E-state index contributed by atoms with van der Waals surface area (Å²) in [6, 6.07) is 13.1. The van der Waals surface area contributed by atoms with E-state index in [4.69, 9.17) is 4.42 Å². The van der Waals surface area contributed by atoms with Gasteiger partial charge < -0.3 is 9.73 Å². The number of nitrogens with zero attached hydrogens (tertiary/aromatic N) is 1. The molecule has 0 atom stereocenters. The molecule has 2 aromatic carbocycles. The van der Waals surface area contributed by atoms with Gasteiger partial charge in [0.05, 0.1) is 12.1 Å². The zero-order chi connectivity index (χ0) is 14.8. The number of hydrogen-bond donors (Lipinski definition) is 1. The molecule has 0 saturated carbocycles. The Morgan fingerprint density at radius 1 is 1.29 bits per heavy atom. The monoisotopic (exact) mass is 344 g/mol. The SMILES string of the molecule is Cc1nc2cc(CC(=O)Nc3ccccc3Br)ccc2o1. The fourth-order valence-electron chi connectivity index (χ4n) is 2.14. The molecule has 1 aromatic heterocycles. The first-order valence-electron chi connectivity index (χ1n) is 6.52. The highest BCUT2D eigenvalue weighted by molar-refractivity contribution is 9.10. The summed E-state index contributed by atoms with van der Waals surface area (Å²) in [6.07, 6.45) is 0.295. The number of oxazole rings is 1. The highest BCUT2D eigenvalue weighted by Gasteiger charge is 2.08. The normalized spacial score (nSPS) is 10.8. The molecule has 1 N–H and O–H groups in total. The van der Waals surface area contributed by atoms with Gasteiger partial charge in [0.1, 0.15) is 5.52 Å². The Balaban J connectivity index is 1.75. The van der Waals surface area contributed by atoms with Gasteiger partial charge in [0.25, 0.3) is 0 Å². The maximum Gasteiger partial charge on any atom is 0.228 e. The minimum absolute atomic E-state index is 0.0681. The molecule has 21 heavy (non-hydrogen) atoms. The Morgan fingerprint density at radius 2 is 2.10 bits per heavy atom. The van der Waals surface area contributed by atoms with E-state index in [9.17, 15) is 4.79 Å². The predicted molar refractivity (Wildman–Crippen MR) is 85.2 cm³/mol. The van der Waals surface area contributed by atoms with Crippen molar-refractivity contribution in [3.05, 3.63) is 58.4 Å². The molecule has 0 aliphatic rings. The number of para-hydroxylation sites is 1. The van der Waals surface area contributed by atoms with Gasteiger partial charge in [0.2, 0.25) is 5.91 Å². The van der Waals surface area contributed by atoms with Crippen LogP contribution in [0.2, 0.25) is 0 Å². The number of fused-ring (bicyclic) bond motifs is 1. The fraction of sp³-hybridized carbons (Fsp3) is 0.125. The van der Waals surface area contributed by atoms with Gasteiger partial charge >= 0.3 is 0 Å². The minimum Gasteiger partial charge on any atom is -0.441 e. The Kier molecular flexibility index (Phi) is 3.75. The number of carbonyl (C=O) groups excluding carboxylic acids is 1. The van der Waals surface area contributed by atoms with Crippen LogP contribution in [0.3, 0.4) is 0 Å². The third kappa shape index (κ3) is 3.13. The van der Waals surface area contributed by atoms with Crippen LogP contribution in [0.25, 0.3) is 11.1 Å². The number of aromatic nitrogens is 1. The van der Waals surface area contributed by atoms with E-state index in [2.05, 4.69) is 26.2 Å². The summed E-state index contributed by atoms with van der Waals surface area (Å²) in [5.74, 6) is 0.557. The van der Waals surface area contributed by atoms with Gasteiger partial charge in [0.15, 0.2) is 11.5 Å². The molecule has 0 spiro atoms. The lowest BCUT2D eigenvalue weighted by Gasteiger charge is -2.07. The van der Waals surface area contributed by atoms with Gasteiger partial charge in [-0.3, -0.25) is 4.79 Å². The van der Waals surface area contributed by atoms with Crippen molar-refractivity contribution in [2.75, 3.05) is 5.32 Å². The molecule has 0 bridgehead atoms. The van der Waals surface area contributed by atoms with Crippen molar-refractivity contribution >= 4 is 38.6 Å². The van der Waals surface area contributed by atoms with Crippen LogP contribution in [0, 0.1) is 6.92 Å². The smallest absolute Gasteiger partial charge is 0.228 e. The van der Waals surface area contributed by atoms with Crippen LogP contribution in [0.5, 0.6) is 0 Å². The number of rotatable bonds is 3. The Labute approximate surface area is 130 Å². The molecule has 4 nitrogen and oxygen atoms in total. The molecule has 3 rings (SSSR count). The molecule has 106 valence electrons. The van der Waals surface area contributed by atoms with Crippen molar-refractivity contribution < 1.29 is 9.21 Å². The van der Waals surface area contributed by atoms with Crippen molar-refractivity contribution in [2.45, 2.75) is 13.3 Å². The van der Waals surface area contributed by atoms with Crippen LogP contribution in [-0.4, -0.2) is 10.9 Å². The van der Waals surface area contributed by atoms with Gasteiger partial charge in [0, 0.05) is 11.4 Å². The Bertz CT molecular complexity index is 811. The average molecular weight is 345 g/mol. The third-order valence-corrected chi connectivity index (χ3v) is 3.76. The van der Waals surface area contributed by atoms with Gasteiger partial charge in [-0.15, -0.1) is 0 Å². The second-order valence-electron chi connectivity index (χ2n) is 4.74. The van der Waals surface area contributed by atoms with Crippen LogP contribution in [-0.2, 0) is 11.2 Å². The topological polar surface area (TPSA) is 55.1 Å². The van der Waals surface area contributed by atoms with Crippen LogP contribution < -0.4 is 5.32 Å². The maximum atomic E-state index is 12.1. The van der Waals surface area contributed by atoms with Gasteiger partial charge in [-0.25, -0.2) is 4.98 Å². The zero-order valence-corrected chi connectivity index (χ0v) is 13.0. The van der Waals surface area contributed by atoms with Crippen LogP contribution >= 0.6 is 15.9 Å². The van der Waals surface area contributed by atoms with E-state index >= 15 is 0 Å². The van der Waals surface area contributed by atoms with Crippen LogP contribution in [0.15, 0.2) is 51.4 Å². The number of anilines is 1. The first-order chi connectivity index (χ1) is 10.1. The van der Waals surface area contributed by atoms with E-state index < -0.39 is 0 Å². The fourth-order valence-corrected chi connectivity index (χ4v) is 2.52. The van der Waals surface area contributed by atoms with Crippen molar-refractivity contribution in [3.63, 3.8) is 0 Å². The first kappa shape index (κ1) is 13.8. The summed E-state index contributed by atoms with van der Waals surface area (Å²) >= 11 is 3.41.